The highest BCUT2D eigenvalue weighted by molar-refractivity contribution is 5.75. The topological polar surface area (TPSA) is 32.3 Å². The first-order chi connectivity index (χ1) is 8.32. The lowest BCUT2D eigenvalue weighted by atomic mass is 9.88. The fraction of sp³-hybridized carbons (Fsp3) is 0.800. The van der Waals surface area contributed by atoms with Crippen LogP contribution in [0.25, 0.3) is 0 Å². The standard InChI is InChI=1S/C15H28N2O/c1-12(15(2,3)4)11-16-14(18)17(5)13-9-7-6-8-10-13/h11,13H,6-10H2,1-5H3,(H,16,18)/b12-11+. The molecule has 2 amide bonds. The second-order valence-corrected chi connectivity index (χ2v) is 6.43. The number of amides is 2. The van der Waals surface area contributed by atoms with Crippen LogP contribution >= 0.6 is 0 Å². The number of nitrogens with zero attached hydrogens (tertiary/aromatic N) is 1. The zero-order valence-electron chi connectivity index (χ0n) is 12.5. The van der Waals surface area contributed by atoms with Crippen LogP contribution in [0.4, 0.5) is 4.79 Å². The lowest BCUT2D eigenvalue weighted by Crippen LogP contribution is -2.42. The van der Waals surface area contributed by atoms with Crippen molar-refractivity contribution in [1.29, 1.82) is 0 Å². The van der Waals surface area contributed by atoms with Gasteiger partial charge in [-0.2, -0.15) is 0 Å². The van der Waals surface area contributed by atoms with Crippen LogP contribution in [-0.4, -0.2) is 24.0 Å². The van der Waals surface area contributed by atoms with Crippen LogP contribution in [0.1, 0.15) is 59.8 Å². The fourth-order valence-electron chi connectivity index (χ4n) is 2.12. The van der Waals surface area contributed by atoms with Gasteiger partial charge >= 0.3 is 6.03 Å². The largest absolute Gasteiger partial charge is 0.325 e. The lowest BCUT2D eigenvalue weighted by molar-refractivity contribution is 0.177. The molecule has 3 nitrogen and oxygen atoms in total. The molecule has 1 fully saturated rings. The van der Waals surface area contributed by atoms with E-state index in [2.05, 4.69) is 33.0 Å². The molecule has 1 N–H and O–H groups in total. The predicted molar refractivity (Wildman–Crippen MR) is 76.4 cm³/mol. The molecule has 0 aromatic heterocycles. The van der Waals surface area contributed by atoms with Crippen LogP contribution in [0.2, 0.25) is 0 Å². The number of nitrogens with one attached hydrogen (secondary N) is 1. The van der Waals surface area contributed by atoms with Gasteiger partial charge in [0.2, 0.25) is 0 Å². The van der Waals surface area contributed by atoms with Crippen molar-refractivity contribution in [3.05, 3.63) is 11.8 Å². The third-order valence-corrected chi connectivity index (χ3v) is 4.04. The van der Waals surface area contributed by atoms with Crippen LogP contribution in [0.3, 0.4) is 0 Å². The van der Waals surface area contributed by atoms with Gasteiger partial charge in [0.25, 0.3) is 0 Å². The number of hydrogen-bond donors (Lipinski definition) is 1. The molecule has 1 aliphatic rings. The number of rotatable bonds is 2. The Morgan fingerprint density at radius 3 is 2.28 bits per heavy atom. The molecule has 104 valence electrons. The summed E-state index contributed by atoms with van der Waals surface area (Å²) in [5.41, 5.74) is 1.30. The second kappa shape index (κ2) is 6.26. The van der Waals surface area contributed by atoms with Crippen LogP contribution in [0.5, 0.6) is 0 Å². The molecule has 1 saturated carbocycles. The molecule has 0 spiro atoms. The highest BCUT2D eigenvalue weighted by Crippen LogP contribution is 2.24. The molecule has 0 aromatic rings. The molecular weight excluding hydrogens is 224 g/mol. The van der Waals surface area contributed by atoms with Crippen LogP contribution in [-0.2, 0) is 0 Å². The summed E-state index contributed by atoms with van der Waals surface area (Å²) in [4.78, 5) is 13.9. The molecule has 0 unspecified atom stereocenters. The summed E-state index contributed by atoms with van der Waals surface area (Å²) in [6.45, 7) is 8.50. The smallest absolute Gasteiger partial charge is 0.321 e. The fourth-order valence-corrected chi connectivity index (χ4v) is 2.12. The van der Waals surface area contributed by atoms with E-state index in [0.717, 1.165) is 12.8 Å². The zero-order chi connectivity index (χ0) is 13.8. The molecule has 0 saturated heterocycles. The molecule has 1 rings (SSSR count). The maximum absolute atomic E-state index is 12.0. The van der Waals surface area contributed by atoms with Gasteiger partial charge in [0.05, 0.1) is 0 Å². The van der Waals surface area contributed by atoms with Gasteiger partial charge in [0, 0.05) is 19.3 Å². The van der Waals surface area contributed by atoms with E-state index in [1.54, 1.807) is 0 Å². The molecule has 0 aromatic carbocycles. The van der Waals surface area contributed by atoms with Crippen molar-refractivity contribution < 1.29 is 4.79 Å². The molecular formula is C15H28N2O. The van der Waals surface area contributed by atoms with Crippen molar-refractivity contribution in [3.8, 4) is 0 Å². The lowest BCUT2D eigenvalue weighted by Gasteiger charge is -2.31. The summed E-state index contributed by atoms with van der Waals surface area (Å²) in [5, 5.41) is 2.91. The Bertz CT molecular complexity index is 309. The number of hydrogen-bond acceptors (Lipinski definition) is 1. The number of allylic oxidation sites excluding steroid dienone is 1. The molecule has 1 aliphatic carbocycles. The van der Waals surface area contributed by atoms with Crippen molar-refractivity contribution in [2.24, 2.45) is 5.41 Å². The first-order valence-electron chi connectivity index (χ1n) is 7.03. The van der Waals surface area contributed by atoms with E-state index < -0.39 is 0 Å². The highest BCUT2D eigenvalue weighted by Gasteiger charge is 2.21. The summed E-state index contributed by atoms with van der Waals surface area (Å²) < 4.78 is 0. The van der Waals surface area contributed by atoms with Gasteiger partial charge in [0.15, 0.2) is 0 Å². The molecule has 0 aliphatic heterocycles. The molecule has 18 heavy (non-hydrogen) atoms. The Morgan fingerprint density at radius 1 is 1.22 bits per heavy atom. The second-order valence-electron chi connectivity index (χ2n) is 6.43. The van der Waals surface area contributed by atoms with Crippen molar-refractivity contribution in [2.45, 2.75) is 65.8 Å². The maximum atomic E-state index is 12.0. The Kier molecular flexibility index (Phi) is 5.24. The average molecular weight is 252 g/mol. The van der Waals surface area contributed by atoms with Crippen LogP contribution in [0.15, 0.2) is 11.8 Å². The van der Waals surface area contributed by atoms with Crippen molar-refractivity contribution >= 4 is 6.03 Å². The Labute approximate surface area is 112 Å². The molecule has 3 heteroatoms. The first-order valence-corrected chi connectivity index (χ1v) is 7.03. The summed E-state index contributed by atoms with van der Waals surface area (Å²) in [6, 6.07) is 0.438. The highest BCUT2D eigenvalue weighted by atomic mass is 16.2. The van der Waals surface area contributed by atoms with E-state index in [1.165, 1.54) is 24.8 Å². The Morgan fingerprint density at radius 2 is 1.78 bits per heavy atom. The van der Waals surface area contributed by atoms with Crippen LogP contribution < -0.4 is 5.32 Å². The minimum absolute atomic E-state index is 0.0190. The Balaban J connectivity index is 2.49. The monoisotopic (exact) mass is 252 g/mol. The summed E-state index contributed by atoms with van der Waals surface area (Å²) in [5.74, 6) is 0. The van der Waals surface area contributed by atoms with Crippen LogP contribution in [0, 0.1) is 5.41 Å². The normalized spacial score (nSPS) is 18.6. The van der Waals surface area contributed by atoms with Gasteiger partial charge in [0.1, 0.15) is 0 Å². The third-order valence-electron chi connectivity index (χ3n) is 4.04. The molecule has 0 heterocycles. The van der Waals surface area contributed by atoms with Crippen molar-refractivity contribution in [3.63, 3.8) is 0 Å². The van der Waals surface area contributed by atoms with Gasteiger partial charge in [-0.25, -0.2) is 4.79 Å². The van der Waals surface area contributed by atoms with Gasteiger partial charge in [-0.05, 0) is 25.2 Å². The van der Waals surface area contributed by atoms with E-state index in [1.807, 2.05) is 18.1 Å². The number of urea groups is 1. The molecule has 0 bridgehead atoms. The van der Waals surface area contributed by atoms with Gasteiger partial charge in [-0.1, -0.05) is 45.6 Å². The number of carbonyl (C=O) groups is 1. The van der Waals surface area contributed by atoms with Gasteiger partial charge in [-0.3, -0.25) is 0 Å². The molecule has 0 atom stereocenters. The predicted octanol–water partition coefficient (Wildman–Crippen LogP) is 3.91. The van der Waals surface area contributed by atoms with Crippen molar-refractivity contribution in [2.75, 3.05) is 7.05 Å². The maximum Gasteiger partial charge on any atom is 0.321 e. The third kappa shape index (κ3) is 4.35. The van der Waals surface area contributed by atoms with Crippen molar-refractivity contribution in [1.82, 2.24) is 10.2 Å². The summed E-state index contributed by atoms with van der Waals surface area (Å²) in [7, 11) is 1.91. The first kappa shape index (κ1) is 15.1. The quantitative estimate of drug-likeness (QED) is 0.794. The van der Waals surface area contributed by atoms with E-state index in [9.17, 15) is 4.79 Å². The summed E-state index contributed by atoms with van der Waals surface area (Å²) in [6.07, 6.45) is 7.95. The van der Waals surface area contributed by atoms with E-state index >= 15 is 0 Å². The summed E-state index contributed by atoms with van der Waals surface area (Å²) >= 11 is 0. The van der Waals surface area contributed by atoms with E-state index in [-0.39, 0.29) is 11.4 Å². The minimum atomic E-state index is 0.0190. The SMILES string of the molecule is C/C(=C\NC(=O)N(C)C1CCCCC1)C(C)(C)C. The molecule has 0 radical (unpaired) electrons. The zero-order valence-corrected chi connectivity index (χ0v) is 12.5. The average Bonchev–Trinajstić information content (AvgIpc) is 2.34. The number of carbonyl (C=O) groups excluding carboxylic acids is 1. The van der Waals surface area contributed by atoms with Gasteiger partial charge in [-0.15, -0.1) is 0 Å². The van der Waals surface area contributed by atoms with E-state index in [4.69, 9.17) is 0 Å². The van der Waals surface area contributed by atoms with Gasteiger partial charge < -0.3 is 10.2 Å². The Hall–Kier alpha value is -0.990. The van der Waals surface area contributed by atoms with E-state index in [0.29, 0.717) is 6.04 Å². The minimum Gasteiger partial charge on any atom is -0.325 e.